The quantitative estimate of drug-likeness (QED) is 0.566. The van der Waals surface area contributed by atoms with E-state index in [0.29, 0.717) is 34.5 Å². The molecule has 1 aliphatic heterocycles. The number of methoxy groups -OCH3 is 2. The van der Waals surface area contributed by atoms with Crippen molar-refractivity contribution in [3.63, 3.8) is 0 Å². The summed E-state index contributed by atoms with van der Waals surface area (Å²) in [6.07, 6.45) is 0. The van der Waals surface area contributed by atoms with Crippen LogP contribution in [0.2, 0.25) is 0 Å². The van der Waals surface area contributed by atoms with Gasteiger partial charge in [0.1, 0.15) is 0 Å². The van der Waals surface area contributed by atoms with Gasteiger partial charge in [0, 0.05) is 10.2 Å². The molecule has 8 heteroatoms. The number of benzene rings is 1. The number of rotatable bonds is 5. The van der Waals surface area contributed by atoms with Gasteiger partial charge in [-0.3, -0.25) is 0 Å². The minimum absolute atomic E-state index is 0.292. The van der Waals surface area contributed by atoms with Crippen LogP contribution in [0.4, 0.5) is 0 Å². The molecule has 1 unspecified atom stereocenters. The van der Waals surface area contributed by atoms with Crippen molar-refractivity contribution in [3.8, 4) is 11.5 Å². The Balaban J connectivity index is 2.57. The molecule has 6 nitrogen and oxygen atoms in total. The minimum Gasteiger partial charge on any atom is -0.493 e. The molecule has 1 atom stereocenters. The maximum atomic E-state index is 12.4. The van der Waals surface area contributed by atoms with Gasteiger partial charge in [0.15, 0.2) is 16.6 Å². The SMILES string of the molecule is CCOC(=O)C1=C(C)NC(=S)NC1c1cc(OC)c(OC)cc1Br. The Morgan fingerprint density at radius 1 is 1.29 bits per heavy atom. The highest BCUT2D eigenvalue weighted by molar-refractivity contribution is 9.10. The summed E-state index contributed by atoms with van der Waals surface area (Å²) < 4.78 is 16.6. The fourth-order valence-electron chi connectivity index (χ4n) is 2.50. The van der Waals surface area contributed by atoms with Gasteiger partial charge < -0.3 is 24.8 Å². The Hall–Kier alpha value is -1.80. The zero-order valence-corrected chi connectivity index (χ0v) is 16.3. The summed E-state index contributed by atoms with van der Waals surface area (Å²) in [6.45, 7) is 3.85. The molecule has 130 valence electrons. The first-order valence-electron chi connectivity index (χ1n) is 7.29. The van der Waals surface area contributed by atoms with E-state index in [9.17, 15) is 4.79 Å². The number of hydrogen-bond acceptors (Lipinski definition) is 5. The van der Waals surface area contributed by atoms with E-state index in [4.69, 9.17) is 26.4 Å². The van der Waals surface area contributed by atoms with Gasteiger partial charge in [-0.1, -0.05) is 15.9 Å². The van der Waals surface area contributed by atoms with Gasteiger partial charge in [-0.05, 0) is 43.8 Å². The van der Waals surface area contributed by atoms with Crippen LogP contribution in [0.1, 0.15) is 25.5 Å². The molecule has 0 bridgehead atoms. The number of hydrogen-bond donors (Lipinski definition) is 2. The molecule has 2 N–H and O–H groups in total. The molecule has 0 radical (unpaired) electrons. The van der Waals surface area contributed by atoms with Crippen LogP contribution in [0.3, 0.4) is 0 Å². The summed E-state index contributed by atoms with van der Waals surface area (Å²) in [5, 5.41) is 6.52. The minimum atomic E-state index is -0.466. The van der Waals surface area contributed by atoms with Gasteiger partial charge in [0.25, 0.3) is 0 Å². The van der Waals surface area contributed by atoms with E-state index in [-0.39, 0.29) is 0 Å². The lowest BCUT2D eigenvalue weighted by atomic mass is 9.95. The Morgan fingerprint density at radius 2 is 1.92 bits per heavy atom. The van der Waals surface area contributed by atoms with Crippen LogP contribution in [0, 0.1) is 0 Å². The third-order valence-electron chi connectivity index (χ3n) is 3.58. The number of nitrogens with one attached hydrogen (secondary N) is 2. The highest BCUT2D eigenvalue weighted by Gasteiger charge is 2.32. The molecule has 1 aliphatic rings. The number of carbonyl (C=O) groups excluding carboxylic acids is 1. The first kappa shape index (κ1) is 18.5. The zero-order chi connectivity index (χ0) is 17.9. The molecule has 0 spiro atoms. The van der Waals surface area contributed by atoms with Crippen molar-refractivity contribution in [2.75, 3.05) is 20.8 Å². The second-order valence-electron chi connectivity index (χ2n) is 5.02. The van der Waals surface area contributed by atoms with Crippen LogP contribution in [-0.2, 0) is 9.53 Å². The predicted molar refractivity (Wildman–Crippen MR) is 98.2 cm³/mol. The van der Waals surface area contributed by atoms with Crippen molar-refractivity contribution >= 4 is 39.2 Å². The van der Waals surface area contributed by atoms with Crippen molar-refractivity contribution in [1.29, 1.82) is 0 Å². The van der Waals surface area contributed by atoms with E-state index in [1.54, 1.807) is 40.2 Å². The molecule has 0 aliphatic carbocycles. The average Bonchev–Trinajstić information content (AvgIpc) is 2.53. The van der Waals surface area contributed by atoms with E-state index in [1.165, 1.54) is 0 Å². The Labute approximate surface area is 154 Å². The number of allylic oxidation sites excluding steroid dienone is 1. The predicted octanol–water partition coefficient (Wildman–Crippen LogP) is 2.82. The second kappa shape index (κ2) is 7.85. The van der Waals surface area contributed by atoms with E-state index >= 15 is 0 Å². The molecular weight excluding hydrogens is 396 g/mol. The average molecular weight is 415 g/mol. The van der Waals surface area contributed by atoms with Crippen molar-refractivity contribution in [3.05, 3.63) is 33.4 Å². The highest BCUT2D eigenvalue weighted by Crippen LogP contribution is 2.39. The molecule has 0 amide bonds. The summed E-state index contributed by atoms with van der Waals surface area (Å²) in [5.74, 6) is 0.745. The molecule has 2 rings (SSSR count). The number of esters is 1. The molecule has 0 saturated carbocycles. The third kappa shape index (κ3) is 3.64. The lowest BCUT2D eigenvalue weighted by Gasteiger charge is -2.30. The fourth-order valence-corrected chi connectivity index (χ4v) is 3.32. The molecule has 0 fully saturated rings. The third-order valence-corrected chi connectivity index (χ3v) is 4.49. The number of carbonyl (C=O) groups is 1. The number of ether oxygens (including phenoxy) is 3. The summed E-state index contributed by atoms with van der Waals surface area (Å²) in [7, 11) is 3.12. The highest BCUT2D eigenvalue weighted by atomic mass is 79.9. The second-order valence-corrected chi connectivity index (χ2v) is 6.28. The Bertz CT molecular complexity index is 706. The normalized spacial score (nSPS) is 17.0. The van der Waals surface area contributed by atoms with Crippen molar-refractivity contribution in [1.82, 2.24) is 10.6 Å². The van der Waals surface area contributed by atoms with E-state index in [2.05, 4.69) is 26.6 Å². The summed E-state index contributed by atoms with van der Waals surface area (Å²) >= 11 is 8.77. The number of halogens is 1. The van der Waals surface area contributed by atoms with Gasteiger partial charge in [-0.25, -0.2) is 4.79 Å². The van der Waals surface area contributed by atoms with E-state index < -0.39 is 12.0 Å². The molecular formula is C16H19BrN2O4S. The van der Waals surface area contributed by atoms with E-state index in [0.717, 1.165) is 10.0 Å². The molecule has 0 aromatic heterocycles. The first-order chi connectivity index (χ1) is 11.4. The summed E-state index contributed by atoms with van der Waals surface area (Å²) in [5.41, 5.74) is 1.92. The number of thiocarbonyl (C=S) groups is 1. The van der Waals surface area contributed by atoms with Crippen molar-refractivity contribution in [2.45, 2.75) is 19.9 Å². The Morgan fingerprint density at radius 3 is 2.50 bits per heavy atom. The first-order valence-corrected chi connectivity index (χ1v) is 8.49. The van der Waals surface area contributed by atoms with Gasteiger partial charge in [-0.15, -0.1) is 0 Å². The molecule has 1 heterocycles. The molecule has 1 aromatic carbocycles. The van der Waals surface area contributed by atoms with E-state index in [1.807, 2.05) is 0 Å². The monoisotopic (exact) mass is 414 g/mol. The van der Waals surface area contributed by atoms with Crippen LogP contribution in [0.15, 0.2) is 27.9 Å². The van der Waals surface area contributed by atoms with Crippen LogP contribution in [0.25, 0.3) is 0 Å². The Kier molecular flexibility index (Phi) is 6.06. The van der Waals surface area contributed by atoms with Crippen molar-refractivity contribution < 1.29 is 19.0 Å². The largest absolute Gasteiger partial charge is 0.493 e. The lowest BCUT2D eigenvalue weighted by molar-refractivity contribution is -0.139. The van der Waals surface area contributed by atoms with Crippen molar-refractivity contribution in [2.24, 2.45) is 0 Å². The van der Waals surface area contributed by atoms with Gasteiger partial charge >= 0.3 is 5.97 Å². The molecule has 24 heavy (non-hydrogen) atoms. The topological polar surface area (TPSA) is 68.8 Å². The zero-order valence-electron chi connectivity index (χ0n) is 13.9. The van der Waals surface area contributed by atoms with Gasteiger partial charge in [-0.2, -0.15) is 0 Å². The van der Waals surface area contributed by atoms with Crippen LogP contribution >= 0.6 is 28.1 Å². The van der Waals surface area contributed by atoms with Gasteiger partial charge in [0.05, 0.1) is 32.4 Å². The molecule has 0 saturated heterocycles. The molecule has 1 aromatic rings. The van der Waals surface area contributed by atoms with Crippen LogP contribution < -0.4 is 20.1 Å². The standard InChI is InChI=1S/C16H19BrN2O4S/c1-5-23-15(20)13-8(2)18-16(24)19-14(13)9-6-11(21-3)12(22-4)7-10(9)17/h6-7,14H,5H2,1-4H3,(H2,18,19,24). The summed E-state index contributed by atoms with van der Waals surface area (Å²) in [6, 6.07) is 3.13. The lowest BCUT2D eigenvalue weighted by Crippen LogP contribution is -2.45. The maximum absolute atomic E-state index is 12.4. The fraction of sp³-hybridized carbons (Fsp3) is 0.375. The smallest absolute Gasteiger partial charge is 0.338 e. The summed E-state index contributed by atoms with van der Waals surface area (Å²) in [4.78, 5) is 12.4. The van der Waals surface area contributed by atoms with Gasteiger partial charge in [0.2, 0.25) is 0 Å². The maximum Gasteiger partial charge on any atom is 0.338 e. The van der Waals surface area contributed by atoms with Crippen LogP contribution in [0.5, 0.6) is 11.5 Å². The van der Waals surface area contributed by atoms with Crippen LogP contribution in [-0.4, -0.2) is 31.9 Å².